The molecule has 1 amide bonds. The van der Waals surface area contributed by atoms with Gasteiger partial charge < -0.3 is 34.3 Å². The van der Waals surface area contributed by atoms with Crippen molar-refractivity contribution in [1.29, 1.82) is 0 Å². The van der Waals surface area contributed by atoms with Crippen LogP contribution in [0.25, 0.3) is 0 Å². The molecule has 0 aliphatic carbocycles. The molecule has 1 aliphatic heterocycles. The van der Waals surface area contributed by atoms with Crippen LogP contribution in [0.4, 0.5) is 5.69 Å². The molecule has 1 fully saturated rings. The van der Waals surface area contributed by atoms with Gasteiger partial charge in [-0.25, -0.2) is 4.79 Å². The quantitative estimate of drug-likeness (QED) is 0.0365. The second kappa shape index (κ2) is 33.3. The summed E-state index contributed by atoms with van der Waals surface area (Å²) in [4.78, 5) is 60.3. The summed E-state index contributed by atoms with van der Waals surface area (Å²) in [5.74, 6) is -3.14. The maximum absolute atomic E-state index is 12.4. The molecule has 11 heteroatoms. The van der Waals surface area contributed by atoms with Crippen LogP contribution in [0.3, 0.4) is 0 Å². The fourth-order valence-corrected chi connectivity index (χ4v) is 6.88. The van der Waals surface area contributed by atoms with Crippen molar-refractivity contribution < 1.29 is 48.2 Å². The van der Waals surface area contributed by atoms with Crippen LogP contribution in [-0.4, -0.2) is 68.7 Å². The number of piperidine rings is 1. The first-order valence-corrected chi connectivity index (χ1v) is 22.1. The molecule has 2 N–H and O–H groups in total. The van der Waals surface area contributed by atoms with Crippen molar-refractivity contribution in [2.45, 2.75) is 188 Å². The number of aryl methyl sites for hydroxylation is 2. The SMILES string of the molecule is CCCCCCCCCCCC(=O)OCC(COC(=O)CCCCCCCCCCC)OC(=O)/C=C/C(=O)[O-].Cc1cccc(C)c1NC(=O)C1CCCC[NH+]1C. The number of aliphatic carboxylic acids is 1. The zero-order chi connectivity index (χ0) is 42.1. The van der Waals surface area contributed by atoms with E-state index < -0.39 is 30.0 Å². The van der Waals surface area contributed by atoms with Crippen molar-refractivity contribution in [3.63, 3.8) is 0 Å². The Balaban J connectivity index is 0.000000741. The third kappa shape index (κ3) is 26.8. The number of rotatable bonds is 29. The topological polar surface area (TPSA) is 153 Å². The maximum atomic E-state index is 12.4. The lowest BCUT2D eigenvalue weighted by Crippen LogP contribution is -3.15. The first-order valence-electron chi connectivity index (χ1n) is 22.1. The lowest BCUT2D eigenvalue weighted by molar-refractivity contribution is -0.901. The van der Waals surface area contributed by atoms with Gasteiger partial charge in [0, 0.05) is 31.0 Å². The normalized spacial score (nSPS) is 15.1. The summed E-state index contributed by atoms with van der Waals surface area (Å²) in [7, 11) is 2.12. The number of esters is 3. The van der Waals surface area contributed by atoms with Gasteiger partial charge in [0.1, 0.15) is 13.2 Å². The number of benzene rings is 1. The highest BCUT2D eigenvalue weighted by molar-refractivity contribution is 5.95. The lowest BCUT2D eigenvalue weighted by Gasteiger charge is -2.28. The van der Waals surface area contributed by atoms with Crippen LogP contribution in [-0.2, 0) is 38.2 Å². The molecule has 324 valence electrons. The third-order valence-electron chi connectivity index (χ3n) is 10.4. The number of amides is 1. The van der Waals surface area contributed by atoms with Gasteiger partial charge in [-0.15, -0.1) is 0 Å². The fourth-order valence-electron chi connectivity index (χ4n) is 6.88. The Hall–Kier alpha value is -3.73. The molecule has 0 radical (unpaired) electrons. The number of nitrogens with one attached hydrogen (secondary N) is 2. The van der Waals surface area contributed by atoms with Crippen LogP contribution in [0.2, 0.25) is 0 Å². The Kier molecular flexibility index (Phi) is 29.9. The number of likely N-dealkylation sites (N-methyl/N-ethyl adjacent to an activating group) is 1. The van der Waals surface area contributed by atoms with Crippen LogP contribution in [0.1, 0.15) is 173 Å². The second-order valence-electron chi connectivity index (χ2n) is 15.6. The van der Waals surface area contributed by atoms with Gasteiger partial charge in [-0.3, -0.25) is 14.4 Å². The molecule has 1 heterocycles. The maximum Gasteiger partial charge on any atom is 0.331 e. The van der Waals surface area contributed by atoms with Gasteiger partial charge in [-0.05, 0) is 56.7 Å². The highest BCUT2D eigenvalue weighted by Gasteiger charge is 2.30. The Morgan fingerprint density at radius 2 is 1.18 bits per heavy atom. The highest BCUT2D eigenvalue weighted by Crippen LogP contribution is 2.20. The Labute approximate surface area is 344 Å². The molecule has 0 bridgehead atoms. The van der Waals surface area contributed by atoms with Crippen molar-refractivity contribution in [2.24, 2.45) is 0 Å². The Morgan fingerprint density at radius 3 is 1.61 bits per heavy atom. The van der Waals surface area contributed by atoms with Gasteiger partial charge in [0.25, 0.3) is 5.91 Å². The number of ether oxygens (including phenoxy) is 3. The molecule has 57 heavy (non-hydrogen) atoms. The average molecular weight is 801 g/mol. The summed E-state index contributed by atoms with van der Waals surface area (Å²) in [6.45, 7) is 9.04. The van der Waals surface area contributed by atoms with Gasteiger partial charge in [-0.1, -0.05) is 135 Å². The lowest BCUT2D eigenvalue weighted by atomic mass is 10.0. The molecule has 11 nitrogen and oxygen atoms in total. The number of likely N-dealkylation sites (tertiary alicyclic amines) is 1. The Morgan fingerprint density at radius 1 is 0.719 bits per heavy atom. The van der Waals surface area contributed by atoms with Crippen molar-refractivity contribution in [3.8, 4) is 0 Å². The number of quaternary nitrogens is 1. The smallest absolute Gasteiger partial charge is 0.331 e. The molecule has 1 aliphatic rings. The van der Waals surface area contributed by atoms with Crippen LogP contribution in [0, 0.1) is 13.8 Å². The van der Waals surface area contributed by atoms with Crippen molar-refractivity contribution >= 4 is 35.5 Å². The molecule has 0 aromatic heterocycles. The molecule has 1 aromatic carbocycles. The summed E-state index contributed by atoms with van der Waals surface area (Å²) in [6.07, 6.45) is 24.6. The minimum absolute atomic E-state index is 0.109. The highest BCUT2D eigenvalue weighted by atomic mass is 16.6. The minimum atomic E-state index is -1.54. The molecular weight excluding hydrogens is 725 g/mol. The second-order valence-corrected chi connectivity index (χ2v) is 15.6. The number of carboxylic acid groups (broad SMARTS) is 1. The Bertz CT molecular complexity index is 1260. The molecule has 2 atom stereocenters. The number of hydrogen-bond donors (Lipinski definition) is 2. The van der Waals surface area contributed by atoms with Crippen LogP contribution >= 0.6 is 0 Å². The van der Waals surface area contributed by atoms with Crippen molar-refractivity contribution in [1.82, 2.24) is 0 Å². The van der Waals surface area contributed by atoms with Crippen molar-refractivity contribution in [3.05, 3.63) is 41.5 Å². The monoisotopic (exact) mass is 801 g/mol. The van der Waals surface area contributed by atoms with Gasteiger partial charge in [-0.2, -0.15) is 0 Å². The summed E-state index contributed by atoms with van der Waals surface area (Å²) in [6, 6.07) is 6.22. The number of carboxylic acids is 1. The largest absolute Gasteiger partial charge is 0.545 e. The van der Waals surface area contributed by atoms with E-state index in [1.165, 1.54) is 94.8 Å². The average Bonchev–Trinajstić information content (AvgIpc) is 3.18. The summed E-state index contributed by atoms with van der Waals surface area (Å²) >= 11 is 0. The van der Waals surface area contributed by atoms with Gasteiger partial charge in [0.2, 0.25) is 0 Å². The van der Waals surface area contributed by atoms with E-state index >= 15 is 0 Å². The van der Waals surface area contributed by atoms with Crippen LogP contribution < -0.4 is 15.3 Å². The summed E-state index contributed by atoms with van der Waals surface area (Å²) < 4.78 is 15.6. The van der Waals surface area contributed by atoms with E-state index in [2.05, 4.69) is 26.2 Å². The van der Waals surface area contributed by atoms with Crippen LogP contribution in [0.5, 0.6) is 0 Å². The number of carbonyl (C=O) groups excluding carboxylic acids is 5. The van der Waals surface area contributed by atoms with Gasteiger partial charge >= 0.3 is 17.9 Å². The summed E-state index contributed by atoms with van der Waals surface area (Å²) in [5.41, 5.74) is 3.26. The van der Waals surface area contributed by atoms with E-state index in [4.69, 9.17) is 14.2 Å². The zero-order valence-corrected chi connectivity index (χ0v) is 36.1. The number of carbonyl (C=O) groups is 5. The summed E-state index contributed by atoms with van der Waals surface area (Å²) in [5, 5.41) is 13.6. The number of para-hydroxylation sites is 1. The molecule has 1 aromatic rings. The molecule has 2 unspecified atom stereocenters. The predicted octanol–water partition coefficient (Wildman–Crippen LogP) is 7.44. The zero-order valence-electron chi connectivity index (χ0n) is 36.1. The van der Waals surface area contributed by atoms with E-state index in [-0.39, 0.29) is 38.0 Å². The molecule has 1 saturated heterocycles. The molecular formula is C46H76N2O9. The van der Waals surface area contributed by atoms with E-state index in [1.54, 1.807) is 0 Å². The molecule has 0 saturated carbocycles. The van der Waals surface area contributed by atoms with E-state index in [0.29, 0.717) is 12.2 Å². The van der Waals surface area contributed by atoms with E-state index in [1.807, 2.05) is 32.0 Å². The van der Waals surface area contributed by atoms with Gasteiger partial charge in [0.05, 0.1) is 19.6 Å². The molecule has 2 rings (SSSR count). The standard InChI is InChI=1S/C31H54O8.C15H22N2O/c1-3-5-7-9-11-13-15-17-19-21-29(34)37-25-27(39-31(36)24-23-28(32)33)26-38-30(35)22-20-18-16-14-12-10-8-6-4-2;1-11-7-6-8-12(2)14(11)16-15(18)13-9-4-5-10-17(13)3/h23-24,27H,3-22,25-26H2,1-2H3,(H,32,33);6-8,13H,4-5,9-10H2,1-3H3,(H,16,18)/b24-23+;. The first-order chi connectivity index (χ1) is 27.5. The number of anilines is 1. The third-order valence-corrected chi connectivity index (χ3v) is 10.4. The predicted molar refractivity (Wildman–Crippen MR) is 224 cm³/mol. The van der Waals surface area contributed by atoms with Gasteiger partial charge in [0.15, 0.2) is 12.1 Å². The van der Waals surface area contributed by atoms with Crippen molar-refractivity contribution in [2.75, 3.05) is 32.1 Å². The number of hydrogen-bond acceptors (Lipinski definition) is 9. The number of unbranched alkanes of at least 4 members (excludes halogenated alkanes) is 16. The minimum Gasteiger partial charge on any atom is -0.545 e. The van der Waals surface area contributed by atoms with Crippen LogP contribution in [0.15, 0.2) is 30.4 Å². The van der Waals surface area contributed by atoms with E-state index in [0.717, 1.165) is 68.3 Å². The fraction of sp³-hybridized carbons (Fsp3) is 0.717. The van der Waals surface area contributed by atoms with E-state index in [9.17, 15) is 29.1 Å². The molecule has 0 spiro atoms. The first kappa shape index (κ1) is 51.3.